The maximum atomic E-state index is 10.7. The van der Waals surface area contributed by atoms with Crippen LogP contribution in [0.3, 0.4) is 0 Å². The van der Waals surface area contributed by atoms with E-state index in [0.717, 1.165) is 18.4 Å². The van der Waals surface area contributed by atoms with Crippen molar-refractivity contribution >= 4 is 5.97 Å². The normalized spacial score (nSPS) is 16.8. The van der Waals surface area contributed by atoms with Gasteiger partial charge in [-0.25, -0.2) is 0 Å². The molecule has 1 aliphatic carbocycles. The smallest absolute Gasteiger partial charge is 0.307 e. The molecule has 0 heterocycles. The third-order valence-corrected chi connectivity index (χ3v) is 4.26. The van der Waals surface area contributed by atoms with Crippen molar-refractivity contribution in [2.75, 3.05) is 0 Å². The molecule has 0 spiro atoms. The summed E-state index contributed by atoms with van der Waals surface area (Å²) in [6, 6.07) is 6.19. The highest BCUT2D eigenvalue weighted by Crippen LogP contribution is 2.42. The van der Waals surface area contributed by atoms with Gasteiger partial charge in [0, 0.05) is 0 Å². The zero-order chi connectivity index (χ0) is 12.5. The Morgan fingerprint density at radius 1 is 1.24 bits per heavy atom. The minimum absolute atomic E-state index is 0.137. The molecule has 1 aliphatic rings. The maximum Gasteiger partial charge on any atom is 0.307 e. The van der Waals surface area contributed by atoms with Crippen LogP contribution in [0.25, 0.3) is 0 Å². The van der Waals surface area contributed by atoms with Crippen LogP contribution in [0.1, 0.15) is 43.4 Å². The largest absolute Gasteiger partial charge is 0.481 e. The number of benzene rings is 1. The quantitative estimate of drug-likeness (QED) is 0.865. The zero-order valence-electron chi connectivity index (χ0n) is 10.6. The van der Waals surface area contributed by atoms with Gasteiger partial charge in [-0.15, -0.1) is 0 Å². The van der Waals surface area contributed by atoms with Gasteiger partial charge in [0.15, 0.2) is 0 Å². The molecule has 0 amide bonds. The van der Waals surface area contributed by atoms with Crippen LogP contribution in [-0.4, -0.2) is 11.1 Å². The van der Waals surface area contributed by atoms with Gasteiger partial charge in [-0.05, 0) is 47.8 Å². The van der Waals surface area contributed by atoms with Gasteiger partial charge in [-0.1, -0.05) is 32.0 Å². The molecule has 2 rings (SSSR count). The summed E-state index contributed by atoms with van der Waals surface area (Å²) < 4.78 is 0. The second kappa shape index (κ2) is 4.52. The first-order valence-corrected chi connectivity index (χ1v) is 6.41. The summed E-state index contributed by atoms with van der Waals surface area (Å²) in [6.07, 6.45) is 4.81. The van der Waals surface area contributed by atoms with E-state index in [1.807, 2.05) is 6.07 Å². The van der Waals surface area contributed by atoms with E-state index >= 15 is 0 Å². The summed E-state index contributed by atoms with van der Waals surface area (Å²) in [5.41, 5.74) is 4.14. The van der Waals surface area contributed by atoms with Crippen molar-refractivity contribution in [3.8, 4) is 0 Å². The Labute approximate surface area is 103 Å². The van der Waals surface area contributed by atoms with Crippen molar-refractivity contribution in [1.29, 1.82) is 0 Å². The van der Waals surface area contributed by atoms with E-state index in [9.17, 15) is 4.79 Å². The standard InChI is InChI=1S/C15H20O2/c1-3-15(4-2)9-12-6-5-11(8-14(16)17)7-13(12)10-15/h5-7H,3-4,8-10H2,1-2H3,(H,16,17). The number of carbonyl (C=O) groups is 1. The van der Waals surface area contributed by atoms with Gasteiger partial charge in [-0.3, -0.25) is 4.79 Å². The molecule has 1 aromatic rings. The lowest BCUT2D eigenvalue weighted by molar-refractivity contribution is -0.136. The summed E-state index contributed by atoms with van der Waals surface area (Å²) in [5.74, 6) is -0.750. The molecule has 0 unspecified atom stereocenters. The van der Waals surface area contributed by atoms with E-state index in [2.05, 4.69) is 26.0 Å². The highest BCUT2D eigenvalue weighted by atomic mass is 16.4. The monoisotopic (exact) mass is 232 g/mol. The summed E-state index contributed by atoms with van der Waals surface area (Å²) >= 11 is 0. The predicted octanol–water partition coefficient (Wildman–Crippen LogP) is 3.22. The Balaban J connectivity index is 2.24. The summed E-state index contributed by atoms with van der Waals surface area (Å²) in [6.45, 7) is 4.51. The lowest BCUT2D eigenvalue weighted by Gasteiger charge is -2.25. The predicted molar refractivity (Wildman–Crippen MR) is 68.2 cm³/mol. The lowest BCUT2D eigenvalue weighted by Crippen LogP contribution is -2.18. The molecule has 2 heteroatoms. The molecule has 0 bridgehead atoms. The van der Waals surface area contributed by atoms with Crippen molar-refractivity contribution in [2.45, 2.75) is 46.0 Å². The number of carboxylic acid groups (broad SMARTS) is 1. The fourth-order valence-electron chi connectivity index (χ4n) is 2.92. The van der Waals surface area contributed by atoms with Gasteiger partial charge < -0.3 is 5.11 Å². The van der Waals surface area contributed by atoms with Crippen LogP contribution in [-0.2, 0) is 24.1 Å². The molecular weight excluding hydrogens is 212 g/mol. The van der Waals surface area contributed by atoms with Crippen molar-refractivity contribution < 1.29 is 9.90 Å². The Morgan fingerprint density at radius 2 is 1.88 bits per heavy atom. The second-order valence-electron chi connectivity index (χ2n) is 5.23. The van der Waals surface area contributed by atoms with Crippen LogP contribution >= 0.6 is 0 Å². The van der Waals surface area contributed by atoms with E-state index in [1.54, 1.807) is 0 Å². The Hall–Kier alpha value is -1.31. The first-order valence-electron chi connectivity index (χ1n) is 6.41. The third kappa shape index (κ3) is 2.36. The van der Waals surface area contributed by atoms with Crippen LogP contribution in [0.4, 0.5) is 0 Å². The summed E-state index contributed by atoms with van der Waals surface area (Å²) in [5, 5.41) is 8.81. The van der Waals surface area contributed by atoms with Gasteiger partial charge >= 0.3 is 5.97 Å². The van der Waals surface area contributed by atoms with E-state index in [-0.39, 0.29) is 6.42 Å². The highest BCUT2D eigenvalue weighted by Gasteiger charge is 2.33. The van der Waals surface area contributed by atoms with Crippen molar-refractivity contribution in [1.82, 2.24) is 0 Å². The van der Waals surface area contributed by atoms with Gasteiger partial charge in [-0.2, -0.15) is 0 Å². The molecule has 0 aromatic heterocycles. The van der Waals surface area contributed by atoms with Crippen LogP contribution in [0.5, 0.6) is 0 Å². The molecule has 0 fully saturated rings. The fourth-order valence-corrected chi connectivity index (χ4v) is 2.92. The molecule has 0 radical (unpaired) electrons. The van der Waals surface area contributed by atoms with Crippen LogP contribution in [0.2, 0.25) is 0 Å². The minimum Gasteiger partial charge on any atom is -0.481 e. The first kappa shape index (κ1) is 12.2. The summed E-state index contributed by atoms with van der Waals surface area (Å²) in [4.78, 5) is 10.7. The molecule has 1 aromatic carbocycles. The number of aliphatic carboxylic acids is 1. The number of hydrogen-bond donors (Lipinski definition) is 1. The molecule has 17 heavy (non-hydrogen) atoms. The topological polar surface area (TPSA) is 37.3 Å². The fraction of sp³-hybridized carbons (Fsp3) is 0.533. The molecule has 0 saturated heterocycles. The minimum atomic E-state index is -0.750. The van der Waals surface area contributed by atoms with E-state index < -0.39 is 5.97 Å². The van der Waals surface area contributed by atoms with E-state index in [4.69, 9.17) is 5.11 Å². The Bertz CT molecular complexity index is 431. The van der Waals surface area contributed by atoms with Crippen LogP contribution in [0, 0.1) is 5.41 Å². The SMILES string of the molecule is CCC1(CC)Cc2ccc(CC(=O)O)cc2C1. The number of carboxylic acids is 1. The average molecular weight is 232 g/mol. The van der Waals surface area contributed by atoms with Crippen molar-refractivity contribution in [3.05, 3.63) is 34.9 Å². The Morgan fingerprint density at radius 3 is 2.47 bits per heavy atom. The van der Waals surface area contributed by atoms with Gasteiger partial charge in [0.1, 0.15) is 0 Å². The van der Waals surface area contributed by atoms with Gasteiger partial charge in [0.25, 0.3) is 0 Å². The number of hydrogen-bond acceptors (Lipinski definition) is 1. The van der Waals surface area contributed by atoms with E-state index in [0.29, 0.717) is 5.41 Å². The van der Waals surface area contributed by atoms with Crippen LogP contribution in [0.15, 0.2) is 18.2 Å². The lowest BCUT2D eigenvalue weighted by atomic mass is 9.80. The molecule has 0 saturated carbocycles. The Kier molecular flexibility index (Phi) is 3.23. The van der Waals surface area contributed by atoms with Gasteiger partial charge in [0.2, 0.25) is 0 Å². The molecule has 1 N–H and O–H groups in total. The second-order valence-corrected chi connectivity index (χ2v) is 5.23. The van der Waals surface area contributed by atoms with Crippen molar-refractivity contribution in [2.24, 2.45) is 5.41 Å². The zero-order valence-corrected chi connectivity index (χ0v) is 10.6. The van der Waals surface area contributed by atoms with Gasteiger partial charge in [0.05, 0.1) is 6.42 Å². The molecule has 92 valence electrons. The van der Waals surface area contributed by atoms with Crippen LogP contribution < -0.4 is 0 Å². The molecule has 0 aliphatic heterocycles. The summed E-state index contributed by atoms with van der Waals surface area (Å²) in [7, 11) is 0. The van der Waals surface area contributed by atoms with Crippen molar-refractivity contribution in [3.63, 3.8) is 0 Å². The molecule has 2 nitrogen and oxygen atoms in total. The molecule has 0 atom stereocenters. The number of rotatable bonds is 4. The first-order chi connectivity index (χ1) is 8.08. The number of fused-ring (bicyclic) bond motifs is 1. The molecular formula is C15H20O2. The third-order valence-electron chi connectivity index (χ3n) is 4.26. The highest BCUT2D eigenvalue weighted by molar-refractivity contribution is 5.70. The van der Waals surface area contributed by atoms with E-state index in [1.165, 1.54) is 24.0 Å². The average Bonchev–Trinajstić information content (AvgIpc) is 2.67. The maximum absolute atomic E-state index is 10.7.